The van der Waals surface area contributed by atoms with Crippen molar-refractivity contribution in [3.8, 4) is 0 Å². The van der Waals surface area contributed by atoms with Crippen LogP contribution in [0, 0.1) is 5.92 Å². The van der Waals surface area contributed by atoms with Crippen molar-refractivity contribution >= 4 is 5.84 Å². The van der Waals surface area contributed by atoms with E-state index in [2.05, 4.69) is 43.1 Å². The van der Waals surface area contributed by atoms with E-state index in [4.69, 9.17) is 0 Å². The van der Waals surface area contributed by atoms with Gasteiger partial charge in [0.15, 0.2) is 0 Å². The van der Waals surface area contributed by atoms with Crippen molar-refractivity contribution < 1.29 is 0 Å². The predicted molar refractivity (Wildman–Crippen MR) is 47.3 cm³/mol. The van der Waals surface area contributed by atoms with E-state index in [1.807, 2.05) is 0 Å². The fourth-order valence-electron chi connectivity index (χ4n) is 1.39. The molecule has 1 atom stereocenters. The summed E-state index contributed by atoms with van der Waals surface area (Å²) in [7, 11) is 0. The summed E-state index contributed by atoms with van der Waals surface area (Å²) in [4.78, 5) is 2.28. The third-order valence-corrected chi connectivity index (χ3v) is 1.98. The number of nitrogens with zero attached hydrogens (tertiary/aromatic N) is 2. The molecular weight excluding hydrogens is 138 g/mol. The van der Waals surface area contributed by atoms with Crippen LogP contribution in [0.25, 0.3) is 0 Å². The van der Waals surface area contributed by atoms with Crippen LogP contribution >= 0.6 is 0 Å². The first-order valence-corrected chi connectivity index (χ1v) is 4.26. The molecule has 1 aliphatic rings. The molecule has 0 radical (unpaired) electrons. The molecule has 0 spiro atoms. The van der Waals surface area contributed by atoms with Crippen molar-refractivity contribution in [2.75, 3.05) is 6.54 Å². The van der Waals surface area contributed by atoms with Gasteiger partial charge in [0.25, 0.3) is 0 Å². The molecule has 0 saturated heterocycles. The molecule has 0 aromatic heterocycles. The summed E-state index contributed by atoms with van der Waals surface area (Å²) in [6, 6.07) is 0. The average Bonchev–Trinajstić information content (AvgIpc) is 2.30. The third-order valence-electron chi connectivity index (χ3n) is 1.98. The van der Waals surface area contributed by atoms with Gasteiger partial charge in [0.05, 0.1) is 0 Å². The van der Waals surface area contributed by atoms with Gasteiger partial charge >= 0.3 is 0 Å². The fourth-order valence-corrected chi connectivity index (χ4v) is 1.39. The lowest BCUT2D eigenvalue weighted by Crippen LogP contribution is -2.39. The zero-order valence-corrected chi connectivity index (χ0v) is 7.76. The van der Waals surface area contributed by atoms with Crippen molar-refractivity contribution in [3.05, 3.63) is 0 Å². The Morgan fingerprint density at radius 3 is 2.64 bits per heavy atom. The number of amidine groups is 1. The van der Waals surface area contributed by atoms with Gasteiger partial charge in [0.2, 0.25) is 0 Å². The van der Waals surface area contributed by atoms with Crippen LogP contribution in [0.4, 0.5) is 0 Å². The first kappa shape index (κ1) is 8.37. The van der Waals surface area contributed by atoms with E-state index in [1.54, 1.807) is 0 Å². The van der Waals surface area contributed by atoms with Gasteiger partial charge in [-0.3, -0.25) is 5.43 Å². The lowest BCUT2D eigenvalue weighted by Gasteiger charge is -2.24. The van der Waals surface area contributed by atoms with Gasteiger partial charge in [-0.1, -0.05) is 13.8 Å². The highest BCUT2D eigenvalue weighted by atomic mass is 15.5. The molecular formula is C8H17N3. The predicted octanol–water partition coefficient (Wildman–Crippen LogP) is 1.23. The van der Waals surface area contributed by atoms with Gasteiger partial charge in [0, 0.05) is 12.5 Å². The fraction of sp³-hybridized carbons (Fsp3) is 0.875. The summed E-state index contributed by atoms with van der Waals surface area (Å²) in [6.07, 6.45) is 0.373. The minimum atomic E-state index is 0.373. The molecule has 1 N–H and O–H groups in total. The lowest BCUT2D eigenvalue weighted by atomic mass is 10.2. The van der Waals surface area contributed by atoms with E-state index >= 15 is 0 Å². The maximum Gasteiger partial charge on any atom is 0.129 e. The molecule has 1 unspecified atom stereocenters. The van der Waals surface area contributed by atoms with Gasteiger partial charge in [-0.25, -0.2) is 0 Å². The average molecular weight is 155 g/mol. The molecule has 0 aromatic rings. The SMILES string of the molecule is CCN1C(C(C)C)=NNC1C. The van der Waals surface area contributed by atoms with Crippen molar-refractivity contribution in [1.29, 1.82) is 0 Å². The molecule has 0 saturated carbocycles. The zero-order chi connectivity index (χ0) is 8.43. The van der Waals surface area contributed by atoms with E-state index < -0.39 is 0 Å². The normalized spacial score (nSPS) is 23.9. The maximum atomic E-state index is 4.26. The Morgan fingerprint density at radius 2 is 2.27 bits per heavy atom. The van der Waals surface area contributed by atoms with Crippen molar-refractivity contribution in [1.82, 2.24) is 10.3 Å². The van der Waals surface area contributed by atoms with E-state index in [1.165, 1.54) is 5.84 Å². The second kappa shape index (κ2) is 3.11. The Hall–Kier alpha value is -0.730. The summed E-state index contributed by atoms with van der Waals surface area (Å²) in [5.74, 6) is 1.70. The molecule has 0 aromatic carbocycles. The Bertz CT molecular complexity index is 163. The Kier molecular flexibility index (Phi) is 2.37. The first-order valence-electron chi connectivity index (χ1n) is 4.26. The molecule has 0 bridgehead atoms. The van der Waals surface area contributed by atoms with Crippen LogP contribution in [0.5, 0.6) is 0 Å². The molecule has 3 heteroatoms. The number of hydrogen-bond acceptors (Lipinski definition) is 3. The minimum absolute atomic E-state index is 0.373. The molecule has 11 heavy (non-hydrogen) atoms. The first-order chi connectivity index (χ1) is 5.16. The molecule has 3 nitrogen and oxygen atoms in total. The van der Waals surface area contributed by atoms with Crippen molar-refractivity contribution in [3.63, 3.8) is 0 Å². The van der Waals surface area contributed by atoms with E-state index in [-0.39, 0.29) is 0 Å². The second-order valence-electron chi connectivity index (χ2n) is 3.22. The molecule has 1 rings (SSSR count). The highest BCUT2D eigenvalue weighted by Crippen LogP contribution is 2.11. The van der Waals surface area contributed by atoms with Gasteiger partial charge in [0.1, 0.15) is 12.0 Å². The molecule has 0 amide bonds. The summed E-state index contributed by atoms with van der Waals surface area (Å²) in [5, 5.41) is 4.26. The van der Waals surface area contributed by atoms with Crippen LogP contribution in [-0.2, 0) is 0 Å². The van der Waals surface area contributed by atoms with Crippen LogP contribution in [-0.4, -0.2) is 23.4 Å². The molecule has 64 valence electrons. The smallest absolute Gasteiger partial charge is 0.129 e. The van der Waals surface area contributed by atoms with Crippen LogP contribution in [0.15, 0.2) is 5.10 Å². The standard InChI is InChI=1S/C8H17N3/c1-5-11-7(4)9-10-8(11)6(2)3/h6-7,9H,5H2,1-4H3. The number of hydrogen-bond donors (Lipinski definition) is 1. The summed E-state index contributed by atoms with van der Waals surface area (Å²) >= 11 is 0. The maximum absolute atomic E-state index is 4.26. The van der Waals surface area contributed by atoms with Crippen LogP contribution < -0.4 is 5.43 Å². The van der Waals surface area contributed by atoms with Crippen LogP contribution in [0.2, 0.25) is 0 Å². The second-order valence-corrected chi connectivity index (χ2v) is 3.22. The third kappa shape index (κ3) is 1.47. The van der Waals surface area contributed by atoms with E-state index in [9.17, 15) is 0 Å². The van der Waals surface area contributed by atoms with Gasteiger partial charge in [-0.2, -0.15) is 5.10 Å². The van der Waals surface area contributed by atoms with Crippen LogP contribution in [0.1, 0.15) is 27.7 Å². The number of rotatable bonds is 2. The number of hydrazone groups is 1. The largest absolute Gasteiger partial charge is 0.337 e. The topological polar surface area (TPSA) is 27.6 Å². The van der Waals surface area contributed by atoms with Gasteiger partial charge < -0.3 is 4.90 Å². The van der Waals surface area contributed by atoms with Crippen molar-refractivity contribution in [2.24, 2.45) is 11.0 Å². The summed E-state index contributed by atoms with van der Waals surface area (Å²) in [6.45, 7) is 9.65. The summed E-state index contributed by atoms with van der Waals surface area (Å²) in [5.41, 5.74) is 3.07. The van der Waals surface area contributed by atoms with E-state index in [0.717, 1.165) is 6.54 Å². The number of nitrogens with one attached hydrogen (secondary N) is 1. The van der Waals surface area contributed by atoms with E-state index in [0.29, 0.717) is 12.1 Å². The van der Waals surface area contributed by atoms with Crippen LogP contribution in [0.3, 0.4) is 0 Å². The molecule has 1 aliphatic heterocycles. The highest BCUT2D eigenvalue weighted by molar-refractivity contribution is 5.85. The Balaban J connectivity index is 2.65. The summed E-state index contributed by atoms with van der Waals surface area (Å²) < 4.78 is 0. The Morgan fingerprint density at radius 1 is 1.64 bits per heavy atom. The highest BCUT2D eigenvalue weighted by Gasteiger charge is 2.23. The lowest BCUT2D eigenvalue weighted by molar-refractivity contribution is 0.327. The van der Waals surface area contributed by atoms with Gasteiger partial charge in [-0.15, -0.1) is 0 Å². The quantitative estimate of drug-likeness (QED) is 0.649. The molecule has 0 aliphatic carbocycles. The Labute approximate surface area is 68.5 Å². The van der Waals surface area contributed by atoms with Crippen molar-refractivity contribution in [2.45, 2.75) is 33.9 Å². The minimum Gasteiger partial charge on any atom is -0.337 e. The monoisotopic (exact) mass is 155 g/mol. The van der Waals surface area contributed by atoms with Gasteiger partial charge in [-0.05, 0) is 13.8 Å². The zero-order valence-electron chi connectivity index (χ0n) is 7.76. The molecule has 1 heterocycles. The molecule has 0 fully saturated rings.